The number of fused-ring (bicyclic) bond motifs is 4. The summed E-state index contributed by atoms with van der Waals surface area (Å²) >= 11 is 0. The molecule has 1 fully saturated rings. The quantitative estimate of drug-likeness (QED) is 0.829. The number of aliphatic hydroxyl groups is 1. The van der Waals surface area contributed by atoms with Gasteiger partial charge in [0.25, 0.3) is 0 Å². The van der Waals surface area contributed by atoms with Crippen molar-refractivity contribution in [1.29, 1.82) is 0 Å². The molecule has 3 atom stereocenters. The Labute approximate surface area is 143 Å². The van der Waals surface area contributed by atoms with Crippen LogP contribution in [0.2, 0.25) is 0 Å². The van der Waals surface area contributed by atoms with Gasteiger partial charge in [-0.25, -0.2) is 0 Å². The molecule has 132 valence electrons. The number of nitrogens with one attached hydrogen (secondary N) is 1. The van der Waals surface area contributed by atoms with Gasteiger partial charge in [0.2, 0.25) is 0 Å². The van der Waals surface area contributed by atoms with Crippen LogP contribution in [-0.4, -0.2) is 35.4 Å². The molecule has 5 heteroatoms. The minimum atomic E-state index is -0.442. The second-order valence-electron chi connectivity index (χ2n) is 7.74. The van der Waals surface area contributed by atoms with Gasteiger partial charge in [-0.05, 0) is 45.2 Å². The topological polar surface area (TPSA) is 67.8 Å². The SMILES string of the molecule is CC(C)(C)OC(=O)CCCc1ccc2c(c1)[C@H]1C[C@@H](N2)[C@H](O)CO1. The molecule has 5 nitrogen and oxygen atoms in total. The molecule has 24 heavy (non-hydrogen) atoms. The first-order valence-electron chi connectivity index (χ1n) is 8.73. The molecule has 0 amide bonds. The number of ether oxygens (including phenoxy) is 2. The predicted molar refractivity (Wildman–Crippen MR) is 92.0 cm³/mol. The van der Waals surface area contributed by atoms with E-state index in [0.717, 1.165) is 30.5 Å². The van der Waals surface area contributed by atoms with Crippen molar-refractivity contribution in [3.8, 4) is 0 Å². The van der Waals surface area contributed by atoms with E-state index in [1.165, 1.54) is 5.56 Å². The minimum Gasteiger partial charge on any atom is -0.460 e. The number of aliphatic hydroxyl groups excluding tert-OH is 1. The molecule has 1 saturated heterocycles. The number of carbonyl (C=O) groups is 1. The van der Waals surface area contributed by atoms with Crippen molar-refractivity contribution < 1.29 is 19.4 Å². The van der Waals surface area contributed by atoms with E-state index in [4.69, 9.17) is 9.47 Å². The lowest BCUT2D eigenvalue weighted by atomic mass is 9.88. The van der Waals surface area contributed by atoms with Gasteiger partial charge in [-0.3, -0.25) is 4.79 Å². The van der Waals surface area contributed by atoms with E-state index in [2.05, 4.69) is 23.5 Å². The van der Waals surface area contributed by atoms with Gasteiger partial charge in [0.1, 0.15) is 5.60 Å². The summed E-state index contributed by atoms with van der Waals surface area (Å²) in [6, 6.07) is 6.37. The number of aryl methyl sites for hydroxylation is 1. The summed E-state index contributed by atoms with van der Waals surface area (Å²) in [4.78, 5) is 11.8. The zero-order chi connectivity index (χ0) is 17.3. The zero-order valence-corrected chi connectivity index (χ0v) is 14.7. The highest BCUT2D eigenvalue weighted by Gasteiger charge is 2.36. The highest BCUT2D eigenvalue weighted by atomic mass is 16.6. The van der Waals surface area contributed by atoms with Crippen molar-refractivity contribution in [2.75, 3.05) is 11.9 Å². The predicted octanol–water partition coefficient (Wildman–Crippen LogP) is 2.97. The van der Waals surface area contributed by atoms with Crippen LogP contribution in [0.1, 0.15) is 57.3 Å². The van der Waals surface area contributed by atoms with Gasteiger partial charge in [-0.15, -0.1) is 0 Å². The first-order valence-corrected chi connectivity index (χ1v) is 8.73. The Balaban J connectivity index is 1.58. The fourth-order valence-corrected chi connectivity index (χ4v) is 3.35. The number of anilines is 1. The van der Waals surface area contributed by atoms with E-state index in [9.17, 15) is 9.90 Å². The summed E-state index contributed by atoms with van der Waals surface area (Å²) in [5.41, 5.74) is 2.99. The Hall–Kier alpha value is -1.59. The molecule has 2 aliphatic rings. The number of hydrogen-bond acceptors (Lipinski definition) is 5. The summed E-state index contributed by atoms with van der Waals surface area (Å²) in [6.45, 7) is 6.03. The molecule has 1 aromatic carbocycles. The Bertz CT molecular complexity index is 608. The van der Waals surface area contributed by atoms with Gasteiger partial charge < -0.3 is 19.9 Å². The molecule has 0 unspecified atom stereocenters. The molecule has 0 aliphatic carbocycles. The van der Waals surface area contributed by atoms with Crippen LogP contribution >= 0.6 is 0 Å². The van der Waals surface area contributed by atoms with Crippen LogP contribution in [-0.2, 0) is 20.7 Å². The van der Waals surface area contributed by atoms with Crippen molar-refractivity contribution in [2.24, 2.45) is 0 Å². The van der Waals surface area contributed by atoms with Crippen molar-refractivity contribution in [2.45, 2.75) is 70.3 Å². The van der Waals surface area contributed by atoms with Crippen LogP contribution in [0.5, 0.6) is 0 Å². The number of esters is 1. The van der Waals surface area contributed by atoms with Crippen molar-refractivity contribution in [3.05, 3.63) is 29.3 Å². The van der Waals surface area contributed by atoms with Gasteiger partial charge in [-0.1, -0.05) is 12.1 Å². The van der Waals surface area contributed by atoms with E-state index in [1.807, 2.05) is 20.8 Å². The Morgan fingerprint density at radius 1 is 1.42 bits per heavy atom. The summed E-state index contributed by atoms with van der Waals surface area (Å²) in [7, 11) is 0. The highest BCUT2D eigenvalue weighted by molar-refractivity contribution is 5.69. The second kappa shape index (κ2) is 6.73. The molecule has 0 saturated carbocycles. The third-order valence-corrected chi connectivity index (χ3v) is 4.47. The Morgan fingerprint density at radius 3 is 2.96 bits per heavy atom. The van der Waals surface area contributed by atoms with Gasteiger partial charge in [-0.2, -0.15) is 0 Å². The van der Waals surface area contributed by atoms with E-state index >= 15 is 0 Å². The fourth-order valence-electron chi connectivity index (χ4n) is 3.35. The maximum atomic E-state index is 11.8. The summed E-state index contributed by atoms with van der Waals surface area (Å²) < 4.78 is 11.1. The van der Waals surface area contributed by atoms with Gasteiger partial charge >= 0.3 is 5.97 Å². The normalized spacial score (nSPS) is 25.6. The maximum Gasteiger partial charge on any atom is 0.306 e. The van der Waals surface area contributed by atoms with Crippen LogP contribution in [0.3, 0.4) is 0 Å². The first kappa shape index (κ1) is 17.2. The molecular weight excluding hydrogens is 306 g/mol. The lowest BCUT2D eigenvalue weighted by Gasteiger charge is -2.40. The number of carbonyl (C=O) groups excluding carboxylic acids is 1. The molecule has 1 aromatic rings. The largest absolute Gasteiger partial charge is 0.460 e. The molecule has 2 aliphatic heterocycles. The van der Waals surface area contributed by atoms with Crippen LogP contribution in [0.15, 0.2) is 18.2 Å². The van der Waals surface area contributed by atoms with Crippen LogP contribution in [0.4, 0.5) is 5.69 Å². The number of hydrogen-bond donors (Lipinski definition) is 2. The smallest absolute Gasteiger partial charge is 0.306 e. The van der Waals surface area contributed by atoms with Crippen molar-refractivity contribution in [1.82, 2.24) is 0 Å². The second-order valence-corrected chi connectivity index (χ2v) is 7.74. The highest BCUT2D eigenvalue weighted by Crippen LogP contribution is 2.39. The standard InChI is InChI=1S/C19H27NO4/c1-19(2,3)24-18(22)6-4-5-12-7-8-14-13(9-12)17-10-15(20-14)16(21)11-23-17/h7-9,15-17,20-21H,4-6,10-11H2,1-3H3/t15-,16-,17-/m1/s1. The van der Waals surface area contributed by atoms with Crippen LogP contribution in [0.25, 0.3) is 0 Å². The van der Waals surface area contributed by atoms with E-state index in [-0.39, 0.29) is 18.1 Å². The molecule has 0 aromatic heterocycles. The van der Waals surface area contributed by atoms with Crippen LogP contribution in [0, 0.1) is 0 Å². The van der Waals surface area contributed by atoms with Gasteiger partial charge in [0.05, 0.1) is 24.9 Å². The maximum absolute atomic E-state index is 11.8. The Morgan fingerprint density at radius 2 is 2.21 bits per heavy atom. The molecule has 0 spiro atoms. The van der Waals surface area contributed by atoms with Gasteiger partial charge in [0, 0.05) is 24.1 Å². The first-order chi connectivity index (χ1) is 11.3. The molecule has 2 bridgehead atoms. The van der Waals surface area contributed by atoms with Crippen molar-refractivity contribution in [3.63, 3.8) is 0 Å². The molecular formula is C19H27NO4. The van der Waals surface area contributed by atoms with Crippen LogP contribution < -0.4 is 5.32 Å². The van der Waals surface area contributed by atoms with Crippen molar-refractivity contribution >= 4 is 11.7 Å². The molecule has 0 radical (unpaired) electrons. The van der Waals surface area contributed by atoms with E-state index in [1.54, 1.807) is 0 Å². The zero-order valence-electron chi connectivity index (χ0n) is 14.7. The van der Waals surface area contributed by atoms with Gasteiger partial charge in [0.15, 0.2) is 0 Å². The number of benzene rings is 1. The summed E-state index contributed by atoms with van der Waals surface area (Å²) in [5, 5.41) is 13.3. The Kier molecular flexibility index (Phi) is 4.83. The lowest BCUT2D eigenvalue weighted by Crippen LogP contribution is -2.45. The third kappa shape index (κ3) is 4.08. The summed E-state index contributed by atoms with van der Waals surface area (Å²) in [6.07, 6.45) is 2.46. The fraction of sp³-hybridized carbons (Fsp3) is 0.632. The average Bonchev–Trinajstić information content (AvgIpc) is 2.49. The van der Waals surface area contributed by atoms with E-state index in [0.29, 0.717) is 13.0 Å². The summed E-state index contributed by atoms with van der Waals surface area (Å²) in [5.74, 6) is -0.144. The third-order valence-electron chi connectivity index (χ3n) is 4.47. The number of rotatable bonds is 4. The molecule has 2 N–H and O–H groups in total. The minimum absolute atomic E-state index is 0.0560. The average molecular weight is 333 g/mol. The molecule has 3 rings (SSSR count). The lowest BCUT2D eigenvalue weighted by molar-refractivity contribution is -0.154. The molecule has 2 heterocycles. The van der Waals surface area contributed by atoms with E-state index < -0.39 is 11.7 Å². The monoisotopic (exact) mass is 333 g/mol.